The molecule has 4 nitrogen and oxygen atoms in total. The molecule has 18 heavy (non-hydrogen) atoms. The summed E-state index contributed by atoms with van der Waals surface area (Å²) >= 11 is 2.98. The molecule has 1 rings (SSSR count). The fourth-order valence-electron chi connectivity index (χ4n) is 1.33. The maximum atomic E-state index is 11.7. The van der Waals surface area contributed by atoms with Gasteiger partial charge in [0.05, 0.1) is 9.96 Å². The third-order valence-corrected chi connectivity index (χ3v) is 4.39. The third-order valence-electron chi connectivity index (χ3n) is 2.26. The molecule has 0 aliphatic heterocycles. The Hall–Kier alpha value is -1.01. The average Bonchev–Trinajstić information content (AvgIpc) is 2.73. The van der Waals surface area contributed by atoms with Crippen molar-refractivity contribution in [3.8, 4) is 0 Å². The van der Waals surface area contributed by atoms with Gasteiger partial charge in [0.15, 0.2) is 0 Å². The lowest BCUT2D eigenvalue weighted by molar-refractivity contribution is -0.144. The van der Waals surface area contributed by atoms with E-state index in [1.54, 1.807) is 32.1 Å². The van der Waals surface area contributed by atoms with Crippen LogP contribution in [0.5, 0.6) is 0 Å². The fourth-order valence-corrected chi connectivity index (χ4v) is 2.93. The number of carbonyl (C=O) groups is 2. The highest BCUT2D eigenvalue weighted by atomic mass is 32.2. The smallest absolute Gasteiger partial charge is 0.326 e. The Kier molecular flexibility index (Phi) is 5.22. The molecule has 0 saturated heterocycles. The average molecular weight is 287 g/mol. The van der Waals surface area contributed by atoms with Gasteiger partial charge in [0.1, 0.15) is 6.04 Å². The lowest BCUT2D eigenvalue weighted by Crippen LogP contribution is -2.49. The predicted octanol–water partition coefficient (Wildman–Crippen LogP) is 2.46. The molecule has 0 unspecified atom stereocenters. The maximum absolute atomic E-state index is 11.7. The summed E-state index contributed by atoms with van der Waals surface area (Å²) in [7, 11) is 0. The molecule has 0 fully saturated rings. The van der Waals surface area contributed by atoms with Crippen LogP contribution in [0.3, 0.4) is 0 Å². The van der Waals surface area contributed by atoms with Gasteiger partial charge in [0.25, 0.3) is 0 Å². The Morgan fingerprint density at radius 2 is 2.17 bits per heavy atom. The summed E-state index contributed by atoms with van der Waals surface area (Å²) in [5.41, 5.74) is -0.505. The number of thiophene rings is 1. The normalized spacial score (nSPS) is 13.1. The standard InChI is InChI=1S/C12H17NO3S2/c1-12(2,3)10(11(15)16)13-8(14)7-18-9-5-4-6-17-9/h4-6,10H,7H2,1-3H3,(H,13,14)(H,15,16)/t10-/m1/s1. The number of rotatable bonds is 5. The zero-order valence-electron chi connectivity index (χ0n) is 10.6. The number of thioether (sulfide) groups is 1. The molecule has 1 heterocycles. The number of hydrogen-bond acceptors (Lipinski definition) is 4. The van der Waals surface area contributed by atoms with Crippen molar-refractivity contribution in [1.82, 2.24) is 5.32 Å². The van der Waals surface area contributed by atoms with Gasteiger partial charge in [-0.2, -0.15) is 0 Å². The molecule has 0 radical (unpaired) electrons. The first-order valence-electron chi connectivity index (χ1n) is 5.49. The highest BCUT2D eigenvalue weighted by Crippen LogP contribution is 2.24. The van der Waals surface area contributed by atoms with Gasteiger partial charge >= 0.3 is 5.97 Å². The molecule has 0 spiro atoms. The van der Waals surface area contributed by atoms with E-state index >= 15 is 0 Å². The fraction of sp³-hybridized carbons (Fsp3) is 0.500. The summed E-state index contributed by atoms with van der Waals surface area (Å²) in [5.74, 6) is -1.02. The number of aliphatic carboxylic acids is 1. The van der Waals surface area contributed by atoms with E-state index in [-0.39, 0.29) is 11.7 Å². The second kappa shape index (κ2) is 6.24. The minimum atomic E-state index is -1.00. The Balaban J connectivity index is 2.49. The lowest BCUT2D eigenvalue weighted by Gasteiger charge is -2.27. The molecule has 1 amide bonds. The van der Waals surface area contributed by atoms with E-state index in [1.165, 1.54) is 11.8 Å². The number of hydrogen-bond donors (Lipinski definition) is 2. The largest absolute Gasteiger partial charge is 0.480 e. The second-order valence-electron chi connectivity index (χ2n) is 4.93. The quantitative estimate of drug-likeness (QED) is 0.816. The summed E-state index contributed by atoms with van der Waals surface area (Å²) in [6, 6.07) is 2.98. The number of nitrogens with one attached hydrogen (secondary N) is 1. The summed E-state index contributed by atoms with van der Waals surface area (Å²) in [6.07, 6.45) is 0. The van der Waals surface area contributed by atoms with Crippen LogP contribution in [-0.4, -0.2) is 28.8 Å². The summed E-state index contributed by atoms with van der Waals surface area (Å²) in [6.45, 7) is 5.37. The highest BCUT2D eigenvalue weighted by Gasteiger charge is 2.32. The molecule has 0 bridgehead atoms. The zero-order chi connectivity index (χ0) is 13.8. The van der Waals surface area contributed by atoms with Gasteiger partial charge in [-0.15, -0.1) is 23.1 Å². The van der Waals surface area contributed by atoms with E-state index in [0.717, 1.165) is 4.21 Å². The Labute approximate surface area is 115 Å². The van der Waals surface area contributed by atoms with Gasteiger partial charge in [-0.25, -0.2) is 4.79 Å². The van der Waals surface area contributed by atoms with Gasteiger partial charge in [-0.05, 0) is 16.9 Å². The lowest BCUT2D eigenvalue weighted by atomic mass is 9.87. The van der Waals surface area contributed by atoms with Gasteiger partial charge < -0.3 is 10.4 Å². The van der Waals surface area contributed by atoms with Crippen molar-refractivity contribution in [2.45, 2.75) is 31.0 Å². The van der Waals surface area contributed by atoms with E-state index in [2.05, 4.69) is 5.32 Å². The molecule has 0 aliphatic carbocycles. The molecule has 6 heteroatoms. The predicted molar refractivity (Wildman–Crippen MR) is 74.1 cm³/mol. The van der Waals surface area contributed by atoms with Gasteiger partial charge in [-0.3, -0.25) is 4.79 Å². The van der Waals surface area contributed by atoms with Crippen LogP contribution in [-0.2, 0) is 9.59 Å². The van der Waals surface area contributed by atoms with Crippen molar-refractivity contribution in [2.75, 3.05) is 5.75 Å². The summed E-state index contributed by atoms with van der Waals surface area (Å²) < 4.78 is 1.05. The van der Waals surface area contributed by atoms with Crippen LogP contribution < -0.4 is 5.32 Å². The first-order valence-corrected chi connectivity index (χ1v) is 7.35. The van der Waals surface area contributed by atoms with Crippen molar-refractivity contribution >= 4 is 35.0 Å². The summed E-state index contributed by atoms with van der Waals surface area (Å²) in [4.78, 5) is 22.8. The molecule has 100 valence electrons. The minimum Gasteiger partial charge on any atom is -0.480 e. The number of carboxylic acid groups (broad SMARTS) is 1. The van der Waals surface area contributed by atoms with Crippen LogP contribution in [0.25, 0.3) is 0 Å². The van der Waals surface area contributed by atoms with E-state index in [9.17, 15) is 9.59 Å². The van der Waals surface area contributed by atoms with Crippen LogP contribution in [0.2, 0.25) is 0 Å². The van der Waals surface area contributed by atoms with Gasteiger partial charge in [0.2, 0.25) is 5.91 Å². The van der Waals surface area contributed by atoms with Gasteiger partial charge in [0, 0.05) is 0 Å². The number of carboxylic acids is 1. The molecule has 0 aromatic carbocycles. The van der Waals surface area contributed by atoms with Crippen molar-refractivity contribution in [2.24, 2.45) is 5.41 Å². The molecular weight excluding hydrogens is 270 g/mol. The van der Waals surface area contributed by atoms with E-state index in [1.807, 2.05) is 17.5 Å². The Bertz CT molecular complexity index is 409. The van der Waals surface area contributed by atoms with E-state index in [0.29, 0.717) is 0 Å². The molecular formula is C12H17NO3S2. The third kappa shape index (κ3) is 4.70. The molecule has 1 atom stereocenters. The molecule has 1 aromatic rings. The van der Waals surface area contributed by atoms with Crippen molar-refractivity contribution in [3.05, 3.63) is 17.5 Å². The zero-order valence-corrected chi connectivity index (χ0v) is 12.2. The first-order chi connectivity index (χ1) is 8.30. The molecule has 2 N–H and O–H groups in total. The molecule has 1 aromatic heterocycles. The number of carbonyl (C=O) groups excluding carboxylic acids is 1. The topological polar surface area (TPSA) is 66.4 Å². The number of amides is 1. The SMILES string of the molecule is CC(C)(C)[C@H](NC(=O)CSc1cccs1)C(=O)O. The Morgan fingerprint density at radius 3 is 2.61 bits per heavy atom. The van der Waals surface area contributed by atoms with Crippen LogP contribution in [0.4, 0.5) is 0 Å². The Morgan fingerprint density at radius 1 is 1.50 bits per heavy atom. The van der Waals surface area contributed by atoms with Gasteiger partial charge in [-0.1, -0.05) is 26.8 Å². The van der Waals surface area contributed by atoms with Crippen molar-refractivity contribution < 1.29 is 14.7 Å². The van der Waals surface area contributed by atoms with Crippen LogP contribution in [0.15, 0.2) is 21.7 Å². The molecule has 0 saturated carbocycles. The van der Waals surface area contributed by atoms with Crippen molar-refractivity contribution in [1.29, 1.82) is 0 Å². The monoisotopic (exact) mass is 287 g/mol. The maximum Gasteiger partial charge on any atom is 0.326 e. The van der Waals surface area contributed by atoms with E-state index < -0.39 is 17.4 Å². The van der Waals surface area contributed by atoms with Crippen LogP contribution >= 0.6 is 23.1 Å². The molecule has 0 aliphatic rings. The highest BCUT2D eigenvalue weighted by molar-refractivity contribution is 8.01. The van der Waals surface area contributed by atoms with Crippen LogP contribution in [0, 0.1) is 5.41 Å². The van der Waals surface area contributed by atoms with Crippen molar-refractivity contribution in [3.63, 3.8) is 0 Å². The summed E-state index contributed by atoms with van der Waals surface area (Å²) in [5, 5.41) is 13.6. The second-order valence-corrected chi connectivity index (χ2v) is 7.15. The first kappa shape index (κ1) is 15.0. The van der Waals surface area contributed by atoms with E-state index in [4.69, 9.17) is 5.11 Å². The minimum absolute atomic E-state index is 0.236. The van der Waals surface area contributed by atoms with Crippen LogP contribution in [0.1, 0.15) is 20.8 Å².